The SMILES string of the molecule is CCc1ccc(C(=O)Nc2cnc(-c3cc(-c4ccon4)n(Cc4cccc(F)c4F)n3)nc2N)cc1.Cl.Nc1cnc(-c2cc(-c3ccon3)n(Cc3cccc(F)c3F)n2)nc1N. The van der Waals surface area contributed by atoms with E-state index in [4.69, 9.17) is 26.2 Å². The van der Waals surface area contributed by atoms with E-state index in [0.717, 1.165) is 24.1 Å². The van der Waals surface area contributed by atoms with Crippen LogP contribution in [0.2, 0.25) is 0 Å². The zero-order valence-electron chi connectivity index (χ0n) is 33.9. The van der Waals surface area contributed by atoms with E-state index >= 15 is 0 Å². The molecule has 0 saturated heterocycles. The third-order valence-corrected chi connectivity index (χ3v) is 9.66. The molecule has 0 aliphatic rings. The minimum absolute atomic E-state index is 0. The molecule has 0 spiro atoms. The molecule has 7 N–H and O–H groups in total. The minimum atomic E-state index is -0.962. The Kier molecular flexibility index (Phi) is 13.2. The molecule has 6 aromatic heterocycles. The van der Waals surface area contributed by atoms with Crippen molar-refractivity contribution in [1.29, 1.82) is 0 Å². The minimum Gasteiger partial charge on any atom is -0.394 e. The predicted molar refractivity (Wildman–Crippen MR) is 233 cm³/mol. The monoisotopic (exact) mass is 906 g/mol. The van der Waals surface area contributed by atoms with Crippen molar-refractivity contribution in [3.63, 3.8) is 0 Å². The summed E-state index contributed by atoms with van der Waals surface area (Å²) < 4.78 is 68.4. The van der Waals surface area contributed by atoms with Crippen LogP contribution in [0.1, 0.15) is 34.0 Å². The zero-order chi connectivity index (χ0) is 44.9. The van der Waals surface area contributed by atoms with Crippen LogP contribution in [0.5, 0.6) is 0 Å². The van der Waals surface area contributed by atoms with E-state index in [1.54, 1.807) is 36.4 Å². The van der Waals surface area contributed by atoms with Crippen molar-refractivity contribution in [3.8, 4) is 45.8 Å². The lowest BCUT2D eigenvalue weighted by molar-refractivity contribution is 0.102. The number of anilines is 4. The average Bonchev–Trinajstić information content (AvgIpc) is 4.15. The van der Waals surface area contributed by atoms with Gasteiger partial charge in [-0.15, -0.1) is 12.4 Å². The number of nitrogens with one attached hydrogen (secondary N) is 1. The van der Waals surface area contributed by atoms with Crippen molar-refractivity contribution in [1.82, 2.24) is 49.8 Å². The smallest absolute Gasteiger partial charge is 0.255 e. The first kappa shape index (κ1) is 44.6. The van der Waals surface area contributed by atoms with Crippen molar-refractivity contribution in [2.24, 2.45) is 0 Å². The highest BCUT2D eigenvalue weighted by molar-refractivity contribution is 6.05. The van der Waals surface area contributed by atoms with E-state index in [2.05, 4.69) is 45.8 Å². The van der Waals surface area contributed by atoms with Crippen LogP contribution in [-0.4, -0.2) is 55.7 Å². The molecule has 0 radical (unpaired) electrons. The molecule has 9 rings (SSSR count). The number of carbonyl (C=O) groups is 1. The summed E-state index contributed by atoms with van der Waals surface area (Å²) in [6, 6.07) is 21.7. The number of rotatable bonds is 11. The van der Waals surface area contributed by atoms with Gasteiger partial charge in [0.25, 0.3) is 5.91 Å². The van der Waals surface area contributed by atoms with E-state index in [0.29, 0.717) is 39.7 Å². The van der Waals surface area contributed by atoms with Gasteiger partial charge in [0.2, 0.25) is 0 Å². The first-order valence-corrected chi connectivity index (χ1v) is 19.2. The van der Waals surface area contributed by atoms with Crippen molar-refractivity contribution in [2.75, 3.05) is 22.5 Å². The van der Waals surface area contributed by atoms with Gasteiger partial charge in [-0.2, -0.15) is 10.2 Å². The van der Waals surface area contributed by atoms with E-state index in [-0.39, 0.29) is 77.2 Å². The van der Waals surface area contributed by atoms with Crippen LogP contribution in [0.4, 0.5) is 40.6 Å². The van der Waals surface area contributed by atoms with Crippen molar-refractivity contribution >= 4 is 41.3 Å². The van der Waals surface area contributed by atoms with E-state index in [1.165, 1.54) is 58.5 Å². The largest absolute Gasteiger partial charge is 0.394 e. The molecule has 6 heterocycles. The average molecular weight is 907 g/mol. The molecule has 9 aromatic rings. The number of aromatic nitrogens is 10. The molecule has 22 heteroatoms. The topological polar surface area (TPSA) is 246 Å². The molecule has 0 unspecified atom stereocenters. The van der Waals surface area contributed by atoms with Gasteiger partial charge >= 0.3 is 0 Å². The number of halogens is 5. The fourth-order valence-electron chi connectivity index (χ4n) is 6.29. The molecule has 17 nitrogen and oxygen atoms in total. The molecule has 1 amide bonds. The fourth-order valence-corrected chi connectivity index (χ4v) is 6.29. The van der Waals surface area contributed by atoms with Crippen LogP contribution in [0.15, 0.2) is 119 Å². The van der Waals surface area contributed by atoms with Crippen molar-refractivity contribution < 1.29 is 31.4 Å². The second-order valence-corrected chi connectivity index (χ2v) is 13.9. The van der Waals surface area contributed by atoms with Crippen LogP contribution in [0.3, 0.4) is 0 Å². The van der Waals surface area contributed by atoms with Gasteiger partial charge in [0.1, 0.15) is 41.0 Å². The standard InChI is InChI=1S/C26H21F2N7O2.C17H13F2N7O.ClH/c1-2-15-6-8-16(9-7-15)26(36)31-21-13-30-25(32-24(21)29)20-12-22(19-10-11-37-34-19)35(33-20)14-17-4-3-5-18(27)23(17)28;18-10-3-1-2-9(15(10)19)8-26-14(12-4-5-27-25-12)6-13(24-26)17-22-7-11(20)16(21)23-17;/h3-13H,2,14H2,1H3,(H,31,36)(H2,29,30,32);1-7H,8,20H2,(H2,21,22,23);1H. The fraction of sp³-hybridized carbons (Fsp3) is 0.0930. The Labute approximate surface area is 371 Å². The van der Waals surface area contributed by atoms with Crippen LogP contribution >= 0.6 is 12.4 Å². The second kappa shape index (κ2) is 19.3. The van der Waals surface area contributed by atoms with Crippen molar-refractivity contribution in [2.45, 2.75) is 26.4 Å². The van der Waals surface area contributed by atoms with Crippen LogP contribution in [-0.2, 0) is 19.5 Å². The summed E-state index contributed by atoms with van der Waals surface area (Å²) in [7, 11) is 0. The summed E-state index contributed by atoms with van der Waals surface area (Å²) in [5.41, 5.74) is 22.4. The maximum absolute atomic E-state index is 14.3. The normalized spacial score (nSPS) is 10.8. The number of amides is 1. The lowest BCUT2D eigenvalue weighted by Gasteiger charge is -2.08. The van der Waals surface area contributed by atoms with Gasteiger partial charge in [-0.25, -0.2) is 37.5 Å². The Morgan fingerprint density at radius 2 is 1.17 bits per heavy atom. The van der Waals surface area contributed by atoms with Gasteiger partial charge in [-0.05, 0) is 48.4 Å². The van der Waals surface area contributed by atoms with E-state index in [1.807, 2.05) is 19.1 Å². The second-order valence-electron chi connectivity index (χ2n) is 13.9. The predicted octanol–water partition coefficient (Wildman–Crippen LogP) is 7.63. The summed E-state index contributed by atoms with van der Waals surface area (Å²) in [6.07, 6.45) is 6.41. The van der Waals surface area contributed by atoms with Gasteiger partial charge in [0, 0.05) is 28.8 Å². The highest BCUT2D eigenvalue weighted by atomic mass is 35.5. The zero-order valence-corrected chi connectivity index (χ0v) is 34.7. The summed E-state index contributed by atoms with van der Waals surface area (Å²) in [6.45, 7) is 1.93. The number of nitrogens with two attached hydrogens (primary N) is 3. The lowest BCUT2D eigenvalue weighted by atomic mass is 10.1. The Bertz CT molecular complexity index is 3090. The summed E-state index contributed by atoms with van der Waals surface area (Å²) in [4.78, 5) is 29.4. The number of carbonyl (C=O) groups excluding carboxylic acids is 1. The lowest BCUT2D eigenvalue weighted by Crippen LogP contribution is -2.14. The van der Waals surface area contributed by atoms with Crippen LogP contribution in [0, 0.1) is 23.3 Å². The number of hydrogen-bond donors (Lipinski definition) is 4. The van der Waals surface area contributed by atoms with Crippen LogP contribution in [0.25, 0.3) is 45.8 Å². The third kappa shape index (κ3) is 9.79. The van der Waals surface area contributed by atoms with Gasteiger partial charge in [-0.1, -0.05) is 53.6 Å². The van der Waals surface area contributed by atoms with Gasteiger partial charge in [0.05, 0.1) is 42.6 Å². The van der Waals surface area contributed by atoms with Gasteiger partial charge in [0.15, 0.2) is 46.6 Å². The molecule has 65 heavy (non-hydrogen) atoms. The molecule has 0 saturated carbocycles. The molecule has 330 valence electrons. The quantitative estimate of drug-likeness (QED) is 0.0912. The summed E-state index contributed by atoms with van der Waals surface area (Å²) in [5.74, 6) is -3.56. The number of nitrogens with zero attached hydrogens (tertiary/aromatic N) is 10. The number of nitrogen functional groups attached to an aromatic ring is 3. The first-order chi connectivity index (χ1) is 30.9. The molecular weight excluding hydrogens is 872 g/mol. The maximum Gasteiger partial charge on any atom is 0.255 e. The summed E-state index contributed by atoms with van der Waals surface area (Å²) in [5, 5.41) is 19.4. The molecular formula is C43H35ClF4N14O3. The first-order valence-electron chi connectivity index (χ1n) is 19.2. The number of hydrogen-bond acceptors (Lipinski definition) is 14. The van der Waals surface area contributed by atoms with Gasteiger partial charge in [-0.3, -0.25) is 14.2 Å². The Morgan fingerprint density at radius 1 is 0.662 bits per heavy atom. The van der Waals surface area contributed by atoms with E-state index in [9.17, 15) is 22.4 Å². The molecule has 0 fully saturated rings. The Morgan fingerprint density at radius 3 is 1.63 bits per heavy atom. The van der Waals surface area contributed by atoms with Crippen molar-refractivity contribution in [3.05, 3.63) is 155 Å². The van der Waals surface area contributed by atoms with Crippen LogP contribution < -0.4 is 22.5 Å². The van der Waals surface area contributed by atoms with E-state index < -0.39 is 23.3 Å². The molecule has 0 bridgehead atoms. The molecule has 0 aliphatic heterocycles. The van der Waals surface area contributed by atoms with Gasteiger partial charge < -0.3 is 31.6 Å². The number of aryl methyl sites for hydroxylation is 1. The molecule has 0 aliphatic carbocycles. The number of benzene rings is 3. The third-order valence-electron chi connectivity index (χ3n) is 9.66. The highest BCUT2D eigenvalue weighted by Gasteiger charge is 2.21. The molecule has 3 aromatic carbocycles. The maximum atomic E-state index is 14.3. The Balaban J connectivity index is 0.000000200. The Hall–Kier alpha value is -8.46. The highest BCUT2D eigenvalue weighted by Crippen LogP contribution is 2.29. The molecule has 0 atom stereocenters. The summed E-state index contributed by atoms with van der Waals surface area (Å²) >= 11 is 0.